The molecule has 0 atom stereocenters. The van der Waals surface area contributed by atoms with Crippen LogP contribution >= 0.6 is 11.6 Å². The molecule has 0 radical (unpaired) electrons. The average molecular weight is 420 g/mol. The molecule has 0 unspecified atom stereocenters. The van der Waals surface area contributed by atoms with Gasteiger partial charge in [-0.3, -0.25) is 9.36 Å². The zero-order valence-electron chi connectivity index (χ0n) is 14.8. The van der Waals surface area contributed by atoms with Crippen LogP contribution in [0.5, 0.6) is 0 Å². The van der Waals surface area contributed by atoms with Gasteiger partial charge < -0.3 is 0 Å². The minimum Gasteiger partial charge on any atom is -0.293 e. The minimum atomic E-state index is -4.40. The van der Waals surface area contributed by atoms with Gasteiger partial charge in [0.1, 0.15) is 6.33 Å². The molecule has 4 rings (SSSR count). The van der Waals surface area contributed by atoms with Crippen LogP contribution in [0.3, 0.4) is 0 Å². The first-order valence-electron chi connectivity index (χ1n) is 8.50. The first-order valence-corrected chi connectivity index (χ1v) is 8.88. The van der Waals surface area contributed by atoms with Crippen molar-refractivity contribution < 1.29 is 13.2 Å². The van der Waals surface area contributed by atoms with E-state index in [0.717, 1.165) is 17.7 Å². The third kappa shape index (κ3) is 4.00. The fourth-order valence-electron chi connectivity index (χ4n) is 2.86. The molecule has 0 bridgehead atoms. The molecule has 0 spiro atoms. The highest BCUT2D eigenvalue weighted by Gasteiger charge is 2.29. The highest BCUT2D eigenvalue weighted by atomic mass is 35.5. The van der Waals surface area contributed by atoms with E-state index in [2.05, 4.69) is 15.3 Å². The second-order valence-corrected chi connectivity index (χ2v) is 6.85. The number of benzene rings is 2. The van der Waals surface area contributed by atoms with Crippen LogP contribution in [-0.2, 0) is 19.3 Å². The predicted molar refractivity (Wildman–Crippen MR) is 101 cm³/mol. The summed E-state index contributed by atoms with van der Waals surface area (Å²) < 4.78 is 40.8. The zero-order chi connectivity index (χ0) is 20.6. The lowest BCUT2D eigenvalue weighted by atomic mass is 10.1. The summed E-state index contributed by atoms with van der Waals surface area (Å²) in [5.41, 5.74) is 0.707. The zero-order valence-corrected chi connectivity index (χ0v) is 15.5. The molecule has 0 amide bonds. The molecule has 0 saturated carbocycles. The van der Waals surface area contributed by atoms with Gasteiger partial charge >= 0.3 is 6.18 Å². The summed E-state index contributed by atoms with van der Waals surface area (Å²) in [6.07, 6.45) is -3.07. The molecule has 10 heteroatoms. The van der Waals surface area contributed by atoms with E-state index < -0.39 is 17.3 Å². The number of halogens is 4. The molecule has 4 aromatic rings. The Morgan fingerprint density at radius 1 is 0.931 bits per heavy atom. The summed E-state index contributed by atoms with van der Waals surface area (Å²) in [6.45, 7) is 0.437. The molecule has 0 aliphatic heterocycles. The van der Waals surface area contributed by atoms with E-state index in [-0.39, 0.29) is 12.1 Å². The Hall–Kier alpha value is -3.20. The predicted octanol–water partition coefficient (Wildman–Crippen LogP) is 3.76. The van der Waals surface area contributed by atoms with Crippen LogP contribution in [0.4, 0.5) is 13.2 Å². The van der Waals surface area contributed by atoms with Crippen molar-refractivity contribution in [2.75, 3.05) is 0 Å². The van der Waals surface area contributed by atoms with Gasteiger partial charge in [0.05, 0.1) is 18.7 Å². The van der Waals surface area contributed by atoms with Gasteiger partial charge in [0.2, 0.25) is 0 Å². The van der Waals surface area contributed by atoms with Crippen LogP contribution in [0.25, 0.3) is 11.2 Å². The summed E-state index contributed by atoms with van der Waals surface area (Å²) in [5.74, 6) is 0. The average Bonchev–Trinajstić information content (AvgIpc) is 3.09. The SMILES string of the molecule is O=c1c2nnn(Cc3ccc(Cl)cc3)c2ncn1Cc1ccc(C(F)(F)F)cc1. The number of hydrogen-bond donors (Lipinski definition) is 0. The molecule has 148 valence electrons. The van der Waals surface area contributed by atoms with Crippen LogP contribution < -0.4 is 5.56 Å². The van der Waals surface area contributed by atoms with Gasteiger partial charge in [0, 0.05) is 5.02 Å². The maximum atomic E-state index is 12.7. The maximum Gasteiger partial charge on any atom is 0.416 e. The lowest BCUT2D eigenvalue weighted by molar-refractivity contribution is -0.137. The number of alkyl halides is 3. The molecule has 0 saturated heterocycles. The maximum absolute atomic E-state index is 12.7. The molecular formula is C19H13ClF3N5O. The Balaban J connectivity index is 1.60. The van der Waals surface area contributed by atoms with E-state index in [1.807, 2.05) is 12.1 Å². The van der Waals surface area contributed by atoms with Crippen LogP contribution in [0.15, 0.2) is 59.7 Å². The van der Waals surface area contributed by atoms with Gasteiger partial charge in [0.25, 0.3) is 5.56 Å². The van der Waals surface area contributed by atoms with Crippen LogP contribution in [-0.4, -0.2) is 24.5 Å². The largest absolute Gasteiger partial charge is 0.416 e. The molecule has 2 heterocycles. The first-order chi connectivity index (χ1) is 13.8. The van der Waals surface area contributed by atoms with E-state index in [4.69, 9.17) is 11.6 Å². The Morgan fingerprint density at radius 3 is 2.21 bits per heavy atom. The van der Waals surface area contributed by atoms with Crippen molar-refractivity contribution in [1.29, 1.82) is 0 Å². The van der Waals surface area contributed by atoms with E-state index >= 15 is 0 Å². The van der Waals surface area contributed by atoms with Gasteiger partial charge in [-0.2, -0.15) is 13.2 Å². The van der Waals surface area contributed by atoms with Crippen molar-refractivity contribution >= 4 is 22.8 Å². The normalized spacial score (nSPS) is 11.9. The number of rotatable bonds is 4. The van der Waals surface area contributed by atoms with Crippen molar-refractivity contribution in [1.82, 2.24) is 24.5 Å². The van der Waals surface area contributed by atoms with Gasteiger partial charge in [-0.25, -0.2) is 9.67 Å². The highest BCUT2D eigenvalue weighted by molar-refractivity contribution is 6.30. The summed E-state index contributed by atoms with van der Waals surface area (Å²) in [6, 6.07) is 11.8. The van der Waals surface area contributed by atoms with Gasteiger partial charge in [0.15, 0.2) is 11.2 Å². The Labute approximate surface area is 167 Å². The lowest BCUT2D eigenvalue weighted by Gasteiger charge is -2.09. The van der Waals surface area contributed by atoms with E-state index in [1.54, 1.807) is 12.1 Å². The Morgan fingerprint density at radius 2 is 1.55 bits per heavy atom. The molecule has 6 nitrogen and oxygen atoms in total. The van der Waals surface area contributed by atoms with E-state index in [1.165, 1.54) is 27.7 Å². The highest BCUT2D eigenvalue weighted by Crippen LogP contribution is 2.29. The molecular weight excluding hydrogens is 407 g/mol. The lowest BCUT2D eigenvalue weighted by Crippen LogP contribution is -2.21. The van der Waals surface area contributed by atoms with Crippen LogP contribution in [0.2, 0.25) is 5.02 Å². The number of fused-ring (bicyclic) bond motifs is 1. The van der Waals surface area contributed by atoms with Crippen molar-refractivity contribution in [3.05, 3.63) is 86.9 Å². The molecule has 0 N–H and O–H groups in total. The third-order valence-electron chi connectivity index (χ3n) is 4.37. The Kier molecular flexibility index (Phi) is 4.83. The van der Waals surface area contributed by atoms with Gasteiger partial charge in [-0.05, 0) is 35.4 Å². The molecule has 0 aliphatic rings. The smallest absolute Gasteiger partial charge is 0.293 e. The summed E-state index contributed by atoms with van der Waals surface area (Å²) in [7, 11) is 0. The second kappa shape index (κ2) is 7.32. The van der Waals surface area contributed by atoms with Crippen molar-refractivity contribution in [2.45, 2.75) is 19.3 Å². The van der Waals surface area contributed by atoms with Crippen molar-refractivity contribution in [2.24, 2.45) is 0 Å². The molecule has 0 aliphatic carbocycles. The molecule has 2 aromatic carbocycles. The number of aromatic nitrogens is 5. The van der Waals surface area contributed by atoms with Gasteiger partial charge in [-0.15, -0.1) is 5.10 Å². The van der Waals surface area contributed by atoms with Gasteiger partial charge in [-0.1, -0.05) is 41.1 Å². The van der Waals surface area contributed by atoms with E-state index in [9.17, 15) is 18.0 Å². The fourth-order valence-corrected chi connectivity index (χ4v) is 2.99. The molecule has 2 aromatic heterocycles. The summed E-state index contributed by atoms with van der Waals surface area (Å²) in [4.78, 5) is 16.9. The van der Waals surface area contributed by atoms with Crippen molar-refractivity contribution in [3.63, 3.8) is 0 Å². The van der Waals surface area contributed by atoms with E-state index in [0.29, 0.717) is 22.8 Å². The Bertz CT molecular complexity index is 1210. The standard InChI is InChI=1S/C19H13ClF3N5O/c20-15-7-3-13(4-8-15)10-28-17-16(25-26-28)18(29)27(11-24-17)9-12-1-5-14(6-2-12)19(21,22)23/h1-8,11H,9-10H2. The topological polar surface area (TPSA) is 65.6 Å². The van der Waals surface area contributed by atoms with Crippen LogP contribution in [0, 0.1) is 0 Å². The third-order valence-corrected chi connectivity index (χ3v) is 4.62. The summed E-state index contributed by atoms with van der Waals surface area (Å²) >= 11 is 5.88. The minimum absolute atomic E-state index is 0.0734. The van der Waals surface area contributed by atoms with Crippen molar-refractivity contribution in [3.8, 4) is 0 Å². The monoisotopic (exact) mass is 419 g/mol. The summed E-state index contributed by atoms with van der Waals surface area (Å²) in [5, 5.41) is 8.53. The molecule has 0 fully saturated rings. The fraction of sp³-hybridized carbons (Fsp3) is 0.158. The number of hydrogen-bond acceptors (Lipinski definition) is 4. The van der Waals surface area contributed by atoms with Crippen LogP contribution in [0.1, 0.15) is 16.7 Å². The quantitative estimate of drug-likeness (QED) is 0.505. The second-order valence-electron chi connectivity index (χ2n) is 6.42. The molecule has 29 heavy (non-hydrogen) atoms. The first kappa shape index (κ1) is 19.1. The number of nitrogens with zero attached hydrogens (tertiary/aromatic N) is 5.